The predicted octanol–water partition coefficient (Wildman–Crippen LogP) is 1.77. The zero-order valence-electron chi connectivity index (χ0n) is 10.6. The molecule has 1 fully saturated rings. The summed E-state index contributed by atoms with van der Waals surface area (Å²) in [5.41, 5.74) is 1.08. The Bertz CT molecular complexity index is 444. The van der Waals surface area contributed by atoms with Gasteiger partial charge >= 0.3 is 5.97 Å². The molecular weight excluding hydrogens is 230 g/mol. The molecule has 96 valence electrons. The van der Waals surface area contributed by atoms with Crippen LogP contribution in [-0.4, -0.2) is 30.4 Å². The van der Waals surface area contributed by atoms with Crippen LogP contribution in [0.4, 0.5) is 0 Å². The van der Waals surface area contributed by atoms with Gasteiger partial charge in [-0.25, -0.2) is 0 Å². The van der Waals surface area contributed by atoms with Crippen LogP contribution in [0.15, 0.2) is 30.3 Å². The molecule has 0 radical (unpaired) electrons. The van der Waals surface area contributed by atoms with Gasteiger partial charge in [-0.2, -0.15) is 0 Å². The summed E-state index contributed by atoms with van der Waals surface area (Å²) in [6.07, 6.45) is 0.254. The minimum atomic E-state index is -0.325. The minimum absolute atomic E-state index is 0.00615. The van der Waals surface area contributed by atoms with Crippen molar-refractivity contribution in [3.05, 3.63) is 35.9 Å². The Hall–Kier alpha value is -1.84. The average molecular weight is 247 g/mol. The number of ether oxygens (including phenoxy) is 1. The molecular formula is C14H17NO3. The number of esters is 1. The Morgan fingerprint density at radius 3 is 2.67 bits per heavy atom. The van der Waals surface area contributed by atoms with E-state index < -0.39 is 0 Å². The lowest BCUT2D eigenvalue weighted by atomic mass is 10.1. The highest BCUT2D eigenvalue weighted by Crippen LogP contribution is 2.28. The van der Waals surface area contributed by atoms with Gasteiger partial charge in [0.15, 0.2) is 0 Å². The molecule has 1 aliphatic rings. The maximum atomic E-state index is 11.9. The first-order chi connectivity index (χ1) is 8.63. The number of amides is 1. The van der Waals surface area contributed by atoms with E-state index in [1.807, 2.05) is 37.3 Å². The molecule has 4 nitrogen and oxygen atoms in total. The second-order valence-electron chi connectivity index (χ2n) is 4.56. The van der Waals surface area contributed by atoms with E-state index in [0.29, 0.717) is 6.54 Å². The van der Waals surface area contributed by atoms with E-state index in [9.17, 15) is 9.59 Å². The zero-order valence-corrected chi connectivity index (χ0v) is 10.6. The van der Waals surface area contributed by atoms with Gasteiger partial charge in [-0.05, 0) is 12.5 Å². The number of nitrogens with zero attached hydrogens (tertiary/aromatic N) is 1. The maximum Gasteiger partial charge on any atom is 0.310 e. The highest BCUT2D eigenvalue weighted by molar-refractivity contribution is 5.87. The molecule has 1 aromatic rings. The first kappa shape index (κ1) is 12.6. The van der Waals surface area contributed by atoms with Gasteiger partial charge in [0.25, 0.3) is 0 Å². The summed E-state index contributed by atoms with van der Waals surface area (Å²) < 4.78 is 4.70. The summed E-state index contributed by atoms with van der Waals surface area (Å²) in [6.45, 7) is 2.43. The molecule has 18 heavy (non-hydrogen) atoms. The molecule has 1 aliphatic heterocycles. The van der Waals surface area contributed by atoms with Crippen molar-refractivity contribution in [3.63, 3.8) is 0 Å². The predicted molar refractivity (Wildman–Crippen MR) is 66.7 cm³/mol. The van der Waals surface area contributed by atoms with Crippen LogP contribution < -0.4 is 0 Å². The first-order valence-electron chi connectivity index (χ1n) is 6.05. The van der Waals surface area contributed by atoms with Crippen LogP contribution in [-0.2, 0) is 14.3 Å². The van der Waals surface area contributed by atoms with E-state index in [1.54, 1.807) is 4.90 Å². The Morgan fingerprint density at radius 2 is 2.06 bits per heavy atom. The van der Waals surface area contributed by atoms with Crippen LogP contribution in [0.5, 0.6) is 0 Å². The van der Waals surface area contributed by atoms with Crippen molar-refractivity contribution < 1.29 is 14.3 Å². The van der Waals surface area contributed by atoms with E-state index in [2.05, 4.69) is 0 Å². The van der Waals surface area contributed by atoms with Crippen LogP contribution in [0.2, 0.25) is 0 Å². The standard InChI is InChI=1S/C14H17NO3/c1-10(11-6-4-3-5-7-11)15-9-12(8-13(15)16)14(17)18-2/h3-7,10,12H,8-9H2,1-2H3/t10-,12+/m0/s1. The number of likely N-dealkylation sites (tertiary alicyclic amines) is 1. The Morgan fingerprint density at radius 1 is 1.39 bits per heavy atom. The van der Waals surface area contributed by atoms with Gasteiger partial charge < -0.3 is 9.64 Å². The third kappa shape index (κ3) is 2.37. The van der Waals surface area contributed by atoms with Crippen LogP contribution in [0, 0.1) is 5.92 Å². The van der Waals surface area contributed by atoms with Crippen molar-refractivity contribution in [1.82, 2.24) is 4.90 Å². The minimum Gasteiger partial charge on any atom is -0.469 e. The Balaban J connectivity index is 2.10. The van der Waals surface area contributed by atoms with Gasteiger partial charge in [0.1, 0.15) is 0 Å². The summed E-state index contributed by atoms with van der Waals surface area (Å²) in [5.74, 6) is -0.610. The molecule has 1 amide bonds. The second kappa shape index (κ2) is 5.21. The number of methoxy groups -OCH3 is 1. The third-order valence-electron chi connectivity index (χ3n) is 3.44. The molecule has 2 atom stereocenters. The first-order valence-corrected chi connectivity index (χ1v) is 6.05. The highest BCUT2D eigenvalue weighted by Gasteiger charge is 2.37. The molecule has 0 unspecified atom stereocenters. The largest absolute Gasteiger partial charge is 0.469 e. The zero-order chi connectivity index (χ0) is 13.1. The summed E-state index contributed by atoms with van der Waals surface area (Å²) in [5, 5.41) is 0. The third-order valence-corrected chi connectivity index (χ3v) is 3.44. The fourth-order valence-electron chi connectivity index (χ4n) is 2.34. The number of carbonyl (C=O) groups is 2. The fourth-order valence-corrected chi connectivity index (χ4v) is 2.34. The van der Waals surface area contributed by atoms with Gasteiger partial charge in [0.05, 0.1) is 19.1 Å². The molecule has 0 N–H and O–H groups in total. The summed E-state index contributed by atoms with van der Waals surface area (Å²) in [7, 11) is 1.36. The van der Waals surface area contributed by atoms with Gasteiger partial charge in [-0.3, -0.25) is 9.59 Å². The molecule has 0 aliphatic carbocycles. The van der Waals surface area contributed by atoms with E-state index >= 15 is 0 Å². The van der Waals surface area contributed by atoms with Crippen molar-refractivity contribution in [3.8, 4) is 0 Å². The molecule has 2 rings (SSSR count). The van der Waals surface area contributed by atoms with Crippen molar-refractivity contribution in [2.75, 3.05) is 13.7 Å². The number of rotatable bonds is 3. The van der Waals surface area contributed by atoms with E-state index in [0.717, 1.165) is 5.56 Å². The number of hydrogen-bond donors (Lipinski definition) is 0. The second-order valence-corrected chi connectivity index (χ2v) is 4.56. The van der Waals surface area contributed by atoms with Gasteiger partial charge in [-0.1, -0.05) is 30.3 Å². The topological polar surface area (TPSA) is 46.6 Å². The smallest absolute Gasteiger partial charge is 0.310 e. The van der Waals surface area contributed by atoms with E-state index in [-0.39, 0.29) is 30.3 Å². The fraction of sp³-hybridized carbons (Fsp3) is 0.429. The van der Waals surface area contributed by atoms with Gasteiger partial charge in [0, 0.05) is 13.0 Å². The number of carbonyl (C=O) groups excluding carboxylic acids is 2. The monoisotopic (exact) mass is 247 g/mol. The molecule has 0 spiro atoms. The maximum absolute atomic E-state index is 11.9. The van der Waals surface area contributed by atoms with Crippen molar-refractivity contribution in [1.29, 1.82) is 0 Å². The average Bonchev–Trinajstić information content (AvgIpc) is 2.80. The molecule has 4 heteroatoms. The molecule has 0 saturated carbocycles. The van der Waals surface area contributed by atoms with E-state index in [4.69, 9.17) is 4.74 Å². The summed E-state index contributed by atoms with van der Waals surface area (Å²) in [6, 6.07) is 9.81. The van der Waals surface area contributed by atoms with Crippen molar-refractivity contribution >= 4 is 11.9 Å². The van der Waals surface area contributed by atoms with Crippen LogP contribution in [0.1, 0.15) is 24.9 Å². The molecule has 1 saturated heterocycles. The van der Waals surface area contributed by atoms with Crippen LogP contribution >= 0.6 is 0 Å². The quantitative estimate of drug-likeness (QED) is 0.765. The Kier molecular flexibility index (Phi) is 3.65. The Labute approximate surface area is 107 Å². The number of hydrogen-bond acceptors (Lipinski definition) is 3. The number of benzene rings is 1. The van der Waals surface area contributed by atoms with Crippen molar-refractivity contribution in [2.45, 2.75) is 19.4 Å². The lowest BCUT2D eigenvalue weighted by molar-refractivity contribution is -0.145. The van der Waals surface area contributed by atoms with Crippen LogP contribution in [0.3, 0.4) is 0 Å². The van der Waals surface area contributed by atoms with Gasteiger partial charge in [0.2, 0.25) is 5.91 Å². The summed E-state index contributed by atoms with van der Waals surface area (Å²) >= 11 is 0. The lowest BCUT2D eigenvalue weighted by Gasteiger charge is -2.25. The highest BCUT2D eigenvalue weighted by atomic mass is 16.5. The van der Waals surface area contributed by atoms with Crippen molar-refractivity contribution in [2.24, 2.45) is 5.92 Å². The summed E-state index contributed by atoms with van der Waals surface area (Å²) in [4.78, 5) is 25.1. The molecule has 0 aromatic heterocycles. The van der Waals surface area contributed by atoms with Crippen LogP contribution in [0.25, 0.3) is 0 Å². The SMILES string of the molecule is COC(=O)[C@@H]1CC(=O)N([C@@H](C)c2ccccc2)C1. The lowest BCUT2D eigenvalue weighted by Crippen LogP contribution is -2.29. The molecule has 1 aromatic carbocycles. The molecule has 0 bridgehead atoms. The molecule has 1 heterocycles. The normalized spacial score (nSPS) is 20.9. The van der Waals surface area contributed by atoms with E-state index in [1.165, 1.54) is 7.11 Å². The van der Waals surface area contributed by atoms with Gasteiger partial charge in [-0.15, -0.1) is 0 Å².